The first-order valence-electron chi connectivity index (χ1n) is 3.01. The number of methoxy groups -OCH3 is 2. The van der Waals surface area contributed by atoms with Crippen LogP contribution in [0.4, 0.5) is 0 Å². The van der Waals surface area contributed by atoms with Crippen LogP contribution < -0.4 is 14.6 Å². The smallest absolute Gasteiger partial charge is 0.323 e. The van der Waals surface area contributed by atoms with Crippen LogP contribution in [-0.4, -0.2) is 29.2 Å². The molecule has 2 N–H and O–H groups in total. The molecule has 1 heterocycles. The second-order valence-electron chi connectivity index (χ2n) is 1.71. The first kappa shape index (κ1) is 9.01. The molecule has 0 spiro atoms. The number of nitrogens with zero attached hydrogens (tertiary/aromatic N) is 3. The minimum absolute atomic E-state index is 0.190. The zero-order valence-electron chi connectivity index (χ0n) is 6.64. The largest absolute Gasteiger partial charge is 0.467 e. The predicted molar refractivity (Wildman–Crippen MR) is 43.0 cm³/mol. The molecule has 0 aliphatic heterocycles. The maximum Gasteiger partial charge on any atom is 0.323 e. The molecule has 0 bridgehead atoms. The van der Waals surface area contributed by atoms with Crippen molar-refractivity contribution in [1.82, 2.24) is 15.0 Å². The van der Waals surface area contributed by atoms with Crippen LogP contribution in [0.25, 0.3) is 0 Å². The van der Waals surface area contributed by atoms with E-state index >= 15 is 0 Å². The van der Waals surface area contributed by atoms with Gasteiger partial charge in [0.05, 0.1) is 14.2 Å². The SMILES string of the molecule is COc1nc(OC)nc(SN)n1. The summed E-state index contributed by atoms with van der Waals surface area (Å²) in [6.07, 6.45) is 0. The topological polar surface area (TPSA) is 83.2 Å². The van der Waals surface area contributed by atoms with Crippen LogP contribution in [0.2, 0.25) is 0 Å². The average Bonchev–Trinajstić information content (AvgIpc) is 2.16. The van der Waals surface area contributed by atoms with E-state index in [1.807, 2.05) is 0 Å². The second kappa shape index (κ2) is 4.07. The molecule has 0 unspecified atom stereocenters. The molecule has 0 radical (unpaired) electrons. The van der Waals surface area contributed by atoms with Gasteiger partial charge in [-0.3, -0.25) is 5.14 Å². The van der Waals surface area contributed by atoms with Gasteiger partial charge in [-0.1, -0.05) is 0 Å². The minimum Gasteiger partial charge on any atom is -0.467 e. The molecule has 7 heteroatoms. The van der Waals surface area contributed by atoms with Crippen LogP contribution in [0.15, 0.2) is 5.16 Å². The molecule has 1 rings (SSSR count). The third kappa shape index (κ3) is 1.95. The number of aromatic nitrogens is 3. The maximum atomic E-state index is 5.25. The molecular formula is C5H8N4O2S. The molecule has 6 nitrogen and oxygen atoms in total. The highest BCUT2D eigenvalue weighted by molar-refractivity contribution is 7.96. The number of ether oxygens (including phenoxy) is 2. The van der Waals surface area contributed by atoms with Gasteiger partial charge in [0, 0.05) is 0 Å². The van der Waals surface area contributed by atoms with Gasteiger partial charge in [-0.05, 0) is 11.9 Å². The van der Waals surface area contributed by atoms with Crippen molar-refractivity contribution in [3.8, 4) is 12.0 Å². The summed E-state index contributed by atoms with van der Waals surface area (Å²) in [5, 5.41) is 5.61. The summed E-state index contributed by atoms with van der Waals surface area (Å²) in [5.74, 6) is 0. The fraction of sp³-hybridized carbons (Fsp3) is 0.400. The first-order valence-corrected chi connectivity index (χ1v) is 3.89. The summed E-state index contributed by atoms with van der Waals surface area (Å²) in [7, 11) is 2.92. The fourth-order valence-electron chi connectivity index (χ4n) is 0.556. The average molecular weight is 188 g/mol. The predicted octanol–water partition coefficient (Wildman–Crippen LogP) is -0.145. The van der Waals surface area contributed by atoms with Crippen molar-refractivity contribution >= 4 is 11.9 Å². The van der Waals surface area contributed by atoms with Crippen LogP contribution in [0.3, 0.4) is 0 Å². The van der Waals surface area contributed by atoms with Crippen molar-refractivity contribution in [2.75, 3.05) is 14.2 Å². The molecule has 0 aliphatic carbocycles. The Hall–Kier alpha value is -1.08. The van der Waals surface area contributed by atoms with Crippen molar-refractivity contribution in [3.63, 3.8) is 0 Å². The molecule has 0 saturated carbocycles. The van der Waals surface area contributed by atoms with Crippen LogP contribution in [-0.2, 0) is 0 Å². The zero-order valence-corrected chi connectivity index (χ0v) is 7.46. The van der Waals surface area contributed by atoms with Crippen LogP contribution >= 0.6 is 11.9 Å². The van der Waals surface area contributed by atoms with Crippen molar-refractivity contribution in [2.45, 2.75) is 5.16 Å². The number of rotatable bonds is 3. The Labute approximate surface area is 73.6 Å². The monoisotopic (exact) mass is 188 g/mol. The van der Waals surface area contributed by atoms with E-state index in [2.05, 4.69) is 15.0 Å². The van der Waals surface area contributed by atoms with Gasteiger partial charge >= 0.3 is 12.0 Å². The highest BCUT2D eigenvalue weighted by atomic mass is 32.2. The van der Waals surface area contributed by atoms with Gasteiger partial charge < -0.3 is 9.47 Å². The fourth-order valence-corrected chi connectivity index (χ4v) is 0.817. The standard InChI is InChI=1S/C5H8N4O2S/c1-10-3-7-4(11-2)9-5(8-3)12-6/h6H2,1-2H3. The maximum absolute atomic E-state index is 5.25. The molecule has 0 saturated heterocycles. The summed E-state index contributed by atoms with van der Waals surface area (Å²) >= 11 is 0.906. The lowest BCUT2D eigenvalue weighted by Crippen LogP contribution is -2.01. The van der Waals surface area contributed by atoms with E-state index in [1.54, 1.807) is 0 Å². The quantitative estimate of drug-likeness (QED) is 0.660. The molecule has 0 fully saturated rings. The van der Waals surface area contributed by atoms with E-state index in [4.69, 9.17) is 14.6 Å². The van der Waals surface area contributed by atoms with Crippen LogP contribution in [0, 0.1) is 0 Å². The van der Waals surface area contributed by atoms with Gasteiger partial charge in [0.2, 0.25) is 5.16 Å². The molecule has 1 aromatic rings. The summed E-state index contributed by atoms with van der Waals surface area (Å²) < 4.78 is 9.58. The summed E-state index contributed by atoms with van der Waals surface area (Å²) in [4.78, 5) is 11.4. The molecular weight excluding hydrogens is 180 g/mol. The zero-order chi connectivity index (χ0) is 8.97. The normalized spacial score (nSPS) is 9.58. The van der Waals surface area contributed by atoms with Gasteiger partial charge in [-0.15, -0.1) is 4.98 Å². The summed E-state index contributed by atoms with van der Waals surface area (Å²) in [6, 6.07) is 0.379. The molecule has 66 valence electrons. The van der Waals surface area contributed by atoms with Gasteiger partial charge in [0.1, 0.15) is 0 Å². The lowest BCUT2D eigenvalue weighted by molar-refractivity contribution is 0.332. The highest BCUT2D eigenvalue weighted by Crippen LogP contribution is 2.13. The van der Waals surface area contributed by atoms with Crippen LogP contribution in [0.5, 0.6) is 12.0 Å². The van der Waals surface area contributed by atoms with E-state index in [0.717, 1.165) is 11.9 Å². The van der Waals surface area contributed by atoms with Crippen molar-refractivity contribution in [1.29, 1.82) is 0 Å². The first-order chi connectivity index (χ1) is 5.80. The third-order valence-electron chi connectivity index (χ3n) is 1.04. The Morgan fingerprint density at radius 1 is 1.08 bits per heavy atom. The molecule has 0 amide bonds. The number of hydrogen-bond donors (Lipinski definition) is 1. The van der Waals surface area contributed by atoms with Gasteiger partial charge in [0.15, 0.2) is 0 Å². The van der Waals surface area contributed by atoms with E-state index < -0.39 is 0 Å². The summed E-state index contributed by atoms with van der Waals surface area (Å²) in [5.41, 5.74) is 0. The molecule has 0 aliphatic rings. The van der Waals surface area contributed by atoms with Gasteiger partial charge in [-0.25, -0.2) is 0 Å². The molecule has 12 heavy (non-hydrogen) atoms. The van der Waals surface area contributed by atoms with Gasteiger partial charge in [-0.2, -0.15) is 9.97 Å². The van der Waals surface area contributed by atoms with Crippen molar-refractivity contribution < 1.29 is 9.47 Å². The van der Waals surface area contributed by atoms with Gasteiger partial charge in [0.25, 0.3) is 0 Å². The summed E-state index contributed by atoms with van der Waals surface area (Å²) in [6.45, 7) is 0. The molecule has 0 aromatic carbocycles. The third-order valence-corrected chi connectivity index (χ3v) is 1.44. The molecule has 0 atom stereocenters. The highest BCUT2D eigenvalue weighted by Gasteiger charge is 2.05. The Balaban J connectivity index is 3.01. The molecule has 1 aromatic heterocycles. The second-order valence-corrected chi connectivity index (χ2v) is 2.31. The Morgan fingerprint density at radius 2 is 1.58 bits per heavy atom. The lowest BCUT2D eigenvalue weighted by atomic mass is 11.0. The van der Waals surface area contributed by atoms with E-state index in [0.29, 0.717) is 5.16 Å². The van der Waals surface area contributed by atoms with E-state index in [9.17, 15) is 0 Å². The number of nitrogens with two attached hydrogens (primary N) is 1. The Morgan fingerprint density at radius 3 is 1.92 bits per heavy atom. The van der Waals surface area contributed by atoms with Crippen molar-refractivity contribution in [2.24, 2.45) is 5.14 Å². The number of hydrogen-bond acceptors (Lipinski definition) is 7. The Kier molecular flexibility index (Phi) is 3.06. The van der Waals surface area contributed by atoms with Crippen LogP contribution in [0.1, 0.15) is 0 Å². The van der Waals surface area contributed by atoms with E-state index in [1.165, 1.54) is 14.2 Å². The Bertz CT molecular complexity index is 214. The lowest BCUT2D eigenvalue weighted by Gasteiger charge is -2.01. The minimum atomic E-state index is 0.190. The van der Waals surface area contributed by atoms with Crippen molar-refractivity contribution in [3.05, 3.63) is 0 Å². The van der Waals surface area contributed by atoms with E-state index in [-0.39, 0.29) is 12.0 Å².